The number of nitrogens with one attached hydrogen (secondary N) is 1. The lowest BCUT2D eigenvalue weighted by Gasteiger charge is -2.14. The second-order valence-corrected chi connectivity index (χ2v) is 6.36. The molecule has 0 bridgehead atoms. The lowest BCUT2D eigenvalue weighted by Crippen LogP contribution is -2.33. The molecule has 1 aliphatic rings. The molecule has 2 aromatic heterocycles. The Morgan fingerprint density at radius 1 is 1.36 bits per heavy atom. The highest BCUT2D eigenvalue weighted by molar-refractivity contribution is 7.13. The first-order chi connectivity index (χ1) is 10.7. The van der Waals surface area contributed by atoms with Gasteiger partial charge in [-0.05, 0) is 45.0 Å². The van der Waals surface area contributed by atoms with Gasteiger partial charge in [0.05, 0.1) is 21.8 Å². The van der Waals surface area contributed by atoms with Gasteiger partial charge < -0.3 is 10.2 Å². The summed E-state index contributed by atoms with van der Waals surface area (Å²) in [6.45, 7) is 5.88. The van der Waals surface area contributed by atoms with Crippen LogP contribution in [0.1, 0.15) is 28.9 Å². The predicted molar refractivity (Wildman–Crippen MR) is 88.1 cm³/mol. The Kier molecular flexibility index (Phi) is 4.80. The second-order valence-electron chi connectivity index (χ2n) is 5.50. The Labute approximate surface area is 134 Å². The normalized spacial score (nSPS) is 15.1. The van der Waals surface area contributed by atoms with Gasteiger partial charge in [0.25, 0.3) is 5.91 Å². The summed E-state index contributed by atoms with van der Waals surface area (Å²) in [6, 6.07) is 3.59. The summed E-state index contributed by atoms with van der Waals surface area (Å²) in [5.74, 6) is -0.0370. The molecule has 0 saturated carbocycles. The summed E-state index contributed by atoms with van der Waals surface area (Å²) in [5.41, 5.74) is 4.21. The number of hydrogen-bond donors (Lipinski definition) is 1. The fraction of sp³-hybridized carbons (Fsp3) is 0.438. The van der Waals surface area contributed by atoms with E-state index in [4.69, 9.17) is 0 Å². The van der Waals surface area contributed by atoms with Crippen molar-refractivity contribution in [2.75, 3.05) is 26.2 Å². The van der Waals surface area contributed by atoms with Crippen molar-refractivity contribution in [1.29, 1.82) is 0 Å². The van der Waals surface area contributed by atoms with E-state index in [0.717, 1.165) is 35.9 Å². The van der Waals surface area contributed by atoms with Gasteiger partial charge >= 0.3 is 0 Å². The van der Waals surface area contributed by atoms with E-state index >= 15 is 0 Å². The lowest BCUT2D eigenvalue weighted by atomic mass is 10.2. The molecule has 0 spiro atoms. The minimum Gasteiger partial charge on any atom is -0.351 e. The number of carbonyl (C=O) groups excluding carboxylic acids is 1. The monoisotopic (exact) mass is 316 g/mol. The number of thiazole rings is 1. The zero-order valence-corrected chi connectivity index (χ0v) is 13.5. The summed E-state index contributed by atoms with van der Waals surface area (Å²) in [4.78, 5) is 24.2. The van der Waals surface area contributed by atoms with Crippen molar-refractivity contribution in [2.24, 2.45) is 0 Å². The summed E-state index contributed by atoms with van der Waals surface area (Å²) in [5, 5.41) is 2.99. The molecule has 1 amide bonds. The first-order valence-corrected chi connectivity index (χ1v) is 8.49. The first-order valence-electron chi connectivity index (χ1n) is 7.61. The van der Waals surface area contributed by atoms with E-state index in [2.05, 4.69) is 20.2 Å². The van der Waals surface area contributed by atoms with E-state index in [0.29, 0.717) is 12.1 Å². The fourth-order valence-corrected chi connectivity index (χ4v) is 3.45. The Morgan fingerprint density at radius 2 is 2.18 bits per heavy atom. The van der Waals surface area contributed by atoms with Crippen LogP contribution in [0.5, 0.6) is 0 Å². The molecular weight excluding hydrogens is 296 g/mol. The number of aryl methyl sites for hydroxylation is 1. The molecular formula is C16H20N4OS. The molecule has 1 saturated heterocycles. The number of pyridine rings is 1. The third kappa shape index (κ3) is 3.51. The number of aromatic nitrogens is 2. The van der Waals surface area contributed by atoms with Crippen LogP contribution < -0.4 is 5.32 Å². The third-order valence-electron chi connectivity index (χ3n) is 3.91. The van der Waals surface area contributed by atoms with Crippen molar-refractivity contribution in [1.82, 2.24) is 20.2 Å². The molecule has 0 unspecified atom stereocenters. The standard InChI is InChI=1S/C16H20N4OS/c1-12-15(22-11-19-12)14-10-13(4-5-17-14)16(21)18-6-9-20-7-2-3-8-20/h4-5,10-11H,2-3,6-9H2,1H3,(H,18,21). The van der Waals surface area contributed by atoms with Crippen LogP contribution in [0.4, 0.5) is 0 Å². The number of likely N-dealkylation sites (tertiary alicyclic amines) is 1. The van der Waals surface area contributed by atoms with E-state index in [1.807, 2.05) is 13.0 Å². The molecule has 0 aliphatic carbocycles. The van der Waals surface area contributed by atoms with Gasteiger partial charge in [-0.25, -0.2) is 4.98 Å². The van der Waals surface area contributed by atoms with Crippen molar-refractivity contribution in [2.45, 2.75) is 19.8 Å². The summed E-state index contributed by atoms with van der Waals surface area (Å²) >= 11 is 1.55. The Hall–Kier alpha value is -1.79. The molecule has 0 aromatic carbocycles. The maximum absolute atomic E-state index is 12.3. The molecule has 22 heavy (non-hydrogen) atoms. The van der Waals surface area contributed by atoms with Crippen molar-refractivity contribution in [3.63, 3.8) is 0 Å². The smallest absolute Gasteiger partial charge is 0.251 e. The zero-order chi connectivity index (χ0) is 15.4. The molecule has 2 aromatic rings. The van der Waals surface area contributed by atoms with E-state index in [1.165, 1.54) is 12.8 Å². The highest BCUT2D eigenvalue weighted by atomic mass is 32.1. The van der Waals surface area contributed by atoms with Crippen LogP contribution in [0.25, 0.3) is 10.6 Å². The average Bonchev–Trinajstić information content (AvgIpc) is 3.19. The van der Waals surface area contributed by atoms with E-state index in [1.54, 1.807) is 29.1 Å². The van der Waals surface area contributed by atoms with Gasteiger partial charge in [0.15, 0.2) is 0 Å². The number of hydrogen-bond acceptors (Lipinski definition) is 5. The van der Waals surface area contributed by atoms with E-state index in [9.17, 15) is 4.79 Å². The quantitative estimate of drug-likeness (QED) is 0.920. The molecule has 116 valence electrons. The highest BCUT2D eigenvalue weighted by Crippen LogP contribution is 2.25. The van der Waals surface area contributed by atoms with Crippen LogP contribution in [0.2, 0.25) is 0 Å². The van der Waals surface area contributed by atoms with Crippen molar-refractivity contribution < 1.29 is 4.79 Å². The Bertz CT molecular complexity index is 649. The molecule has 1 aliphatic heterocycles. The summed E-state index contributed by atoms with van der Waals surface area (Å²) in [7, 11) is 0. The molecule has 1 fully saturated rings. The Morgan fingerprint density at radius 3 is 2.91 bits per heavy atom. The van der Waals surface area contributed by atoms with Crippen molar-refractivity contribution in [3.05, 3.63) is 35.1 Å². The number of rotatable bonds is 5. The van der Waals surface area contributed by atoms with Gasteiger partial charge in [0, 0.05) is 24.8 Å². The van der Waals surface area contributed by atoms with Gasteiger partial charge in [0.1, 0.15) is 0 Å². The minimum atomic E-state index is -0.0370. The molecule has 0 atom stereocenters. The lowest BCUT2D eigenvalue weighted by molar-refractivity contribution is 0.0949. The summed E-state index contributed by atoms with van der Waals surface area (Å²) < 4.78 is 0. The summed E-state index contributed by atoms with van der Waals surface area (Å²) in [6.07, 6.45) is 4.23. The van der Waals surface area contributed by atoms with Crippen LogP contribution in [-0.2, 0) is 0 Å². The number of amides is 1. The van der Waals surface area contributed by atoms with Gasteiger partial charge in [0.2, 0.25) is 0 Å². The Balaban J connectivity index is 1.61. The van der Waals surface area contributed by atoms with Crippen molar-refractivity contribution in [3.8, 4) is 10.6 Å². The van der Waals surface area contributed by atoms with Gasteiger partial charge in [-0.1, -0.05) is 0 Å². The molecule has 1 N–H and O–H groups in total. The molecule has 5 nitrogen and oxygen atoms in total. The SMILES string of the molecule is Cc1ncsc1-c1cc(C(=O)NCCN2CCCC2)ccn1. The average molecular weight is 316 g/mol. The maximum Gasteiger partial charge on any atom is 0.251 e. The fourth-order valence-electron chi connectivity index (χ4n) is 2.68. The van der Waals surface area contributed by atoms with Crippen LogP contribution in [-0.4, -0.2) is 47.0 Å². The number of nitrogens with zero attached hydrogens (tertiary/aromatic N) is 3. The highest BCUT2D eigenvalue weighted by Gasteiger charge is 2.13. The van der Waals surface area contributed by atoms with Crippen LogP contribution in [0.3, 0.4) is 0 Å². The maximum atomic E-state index is 12.3. The van der Waals surface area contributed by atoms with E-state index in [-0.39, 0.29) is 5.91 Å². The van der Waals surface area contributed by atoms with Crippen LogP contribution in [0.15, 0.2) is 23.8 Å². The van der Waals surface area contributed by atoms with Crippen LogP contribution >= 0.6 is 11.3 Å². The topological polar surface area (TPSA) is 58.1 Å². The molecule has 0 radical (unpaired) electrons. The second kappa shape index (κ2) is 6.98. The van der Waals surface area contributed by atoms with E-state index < -0.39 is 0 Å². The minimum absolute atomic E-state index is 0.0370. The first kappa shape index (κ1) is 15.1. The number of carbonyl (C=O) groups is 1. The van der Waals surface area contributed by atoms with Gasteiger partial charge in [-0.2, -0.15) is 0 Å². The van der Waals surface area contributed by atoms with Gasteiger partial charge in [-0.15, -0.1) is 11.3 Å². The largest absolute Gasteiger partial charge is 0.351 e. The predicted octanol–water partition coefficient (Wildman–Crippen LogP) is 2.34. The van der Waals surface area contributed by atoms with Crippen LogP contribution in [0, 0.1) is 6.92 Å². The zero-order valence-electron chi connectivity index (χ0n) is 12.7. The molecule has 3 heterocycles. The van der Waals surface area contributed by atoms with Gasteiger partial charge in [-0.3, -0.25) is 9.78 Å². The third-order valence-corrected chi connectivity index (χ3v) is 4.86. The molecule has 3 rings (SSSR count). The molecule has 6 heteroatoms. The van der Waals surface area contributed by atoms with Crippen molar-refractivity contribution >= 4 is 17.2 Å².